The highest BCUT2D eigenvalue weighted by Crippen LogP contribution is 2.24. The first-order valence-corrected chi connectivity index (χ1v) is 12.2. The predicted molar refractivity (Wildman–Crippen MR) is 135 cm³/mol. The Bertz CT molecular complexity index is 1290. The van der Waals surface area contributed by atoms with Crippen LogP contribution in [0.2, 0.25) is 0 Å². The summed E-state index contributed by atoms with van der Waals surface area (Å²) in [5.74, 6) is -0.710. The number of amides is 4. The largest absolute Gasteiger partial charge is 0.335 e. The van der Waals surface area contributed by atoms with Crippen LogP contribution in [0.5, 0.6) is 0 Å². The molecule has 7 heteroatoms. The molecule has 0 unspecified atom stereocenters. The van der Waals surface area contributed by atoms with Crippen molar-refractivity contribution in [3.05, 3.63) is 106 Å². The summed E-state index contributed by atoms with van der Waals surface area (Å²) in [6.07, 6.45) is 0.930. The Labute approximate surface area is 209 Å². The van der Waals surface area contributed by atoms with Gasteiger partial charge in [-0.3, -0.25) is 24.1 Å². The molecule has 0 bridgehead atoms. The van der Waals surface area contributed by atoms with Crippen molar-refractivity contribution in [1.82, 2.24) is 14.7 Å². The minimum absolute atomic E-state index is 0.0118. The quantitative estimate of drug-likeness (QED) is 0.522. The maximum absolute atomic E-state index is 13.0. The lowest BCUT2D eigenvalue weighted by Crippen LogP contribution is -2.50. The summed E-state index contributed by atoms with van der Waals surface area (Å²) in [5.41, 5.74) is 4.01. The van der Waals surface area contributed by atoms with Gasteiger partial charge in [-0.15, -0.1) is 0 Å². The van der Waals surface area contributed by atoms with Crippen molar-refractivity contribution in [1.29, 1.82) is 0 Å². The van der Waals surface area contributed by atoms with Crippen molar-refractivity contribution in [2.75, 3.05) is 26.2 Å². The van der Waals surface area contributed by atoms with Gasteiger partial charge in [-0.1, -0.05) is 43.3 Å². The maximum atomic E-state index is 13.0. The Morgan fingerprint density at radius 3 is 1.47 bits per heavy atom. The molecule has 0 aliphatic carbocycles. The highest BCUT2D eigenvalue weighted by atomic mass is 16.2. The Kier molecular flexibility index (Phi) is 6.38. The van der Waals surface area contributed by atoms with Gasteiger partial charge in [0.15, 0.2) is 0 Å². The molecular formula is C29H27N3O4. The van der Waals surface area contributed by atoms with Gasteiger partial charge in [0.2, 0.25) is 0 Å². The fourth-order valence-corrected chi connectivity index (χ4v) is 4.68. The molecule has 0 spiro atoms. The van der Waals surface area contributed by atoms with Crippen LogP contribution in [0, 0.1) is 0 Å². The topological polar surface area (TPSA) is 78.0 Å². The average molecular weight is 482 g/mol. The molecule has 0 radical (unpaired) electrons. The third-order valence-electron chi connectivity index (χ3n) is 6.88. The van der Waals surface area contributed by atoms with E-state index in [9.17, 15) is 19.2 Å². The SMILES string of the molecule is CCc1ccc(C(=O)N2CCN(C(=O)c3ccc(CN4C(=O)c5ccccc5C4=O)cc3)CC2)cc1. The van der Waals surface area contributed by atoms with Crippen molar-refractivity contribution >= 4 is 23.6 Å². The van der Waals surface area contributed by atoms with E-state index < -0.39 is 0 Å². The van der Waals surface area contributed by atoms with E-state index in [2.05, 4.69) is 6.92 Å². The first-order chi connectivity index (χ1) is 17.5. The van der Waals surface area contributed by atoms with Crippen LogP contribution >= 0.6 is 0 Å². The molecule has 0 N–H and O–H groups in total. The molecule has 1 saturated heterocycles. The van der Waals surface area contributed by atoms with E-state index in [0.29, 0.717) is 48.4 Å². The number of fused-ring (bicyclic) bond motifs is 1. The van der Waals surface area contributed by atoms with Gasteiger partial charge in [-0.05, 0) is 53.9 Å². The molecule has 4 amide bonds. The van der Waals surface area contributed by atoms with E-state index in [1.165, 1.54) is 10.5 Å². The fourth-order valence-electron chi connectivity index (χ4n) is 4.68. The Morgan fingerprint density at radius 1 is 0.639 bits per heavy atom. The van der Waals surface area contributed by atoms with Crippen LogP contribution in [0.3, 0.4) is 0 Å². The number of carbonyl (C=O) groups is 4. The van der Waals surface area contributed by atoms with E-state index in [1.807, 2.05) is 24.3 Å². The number of imide groups is 1. The standard InChI is InChI=1S/C29H27N3O4/c1-2-20-7-11-22(12-8-20)26(33)30-15-17-31(18-16-30)27(34)23-13-9-21(10-14-23)19-32-28(35)24-5-3-4-6-25(24)29(32)36/h3-14H,2,15-19H2,1H3. The van der Waals surface area contributed by atoms with Gasteiger partial charge in [0, 0.05) is 37.3 Å². The van der Waals surface area contributed by atoms with E-state index in [-0.39, 0.29) is 30.2 Å². The zero-order valence-corrected chi connectivity index (χ0v) is 20.1. The maximum Gasteiger partial charge on any atom is 0.261 e. The molecule has 182 valence electrons. The van der Waals surface area contributed by atoms with E-state index >= 15 is 0 Å². The molecule has 0 aromatic heterocycles. The fraction of sp³-hybridized carbons (Fsp3) is 0.241. The molecule has 36 heavy (non-hydrogen) atoms. The molecule has 7 nitrogen and oxygen atoms in total. The van der Waals surface area contributed by atoms with Crippen molar-refractivity contribution in [2.24, 2.45) is 0 Å². The van der Waals surface area contributed by atoms with Crippen molar-refractivity contribution in [3.8, 4) is 0 Å². The molecule has 3 aromatic rings. The summed E-state index contributed by atoms with van der Waals surface area (Å²) in [6.45, 7) is 4.13. The second-order valence-electron chi connectivity index (χ2n) is 9.07. The van der Waals surface area contributed by atoms with Crippen LogP contribution in [0.15, 0.2) is 72.8 Å². The molecule has 3 aromatic carbocycles. The number of piperazine rings is 1. The highest BCUT2D eigenvalue weighted by molar-refractivity contribution is 6.21. The summed E-state index contributed by atoms with van der Waals surface area (Å²) < 4.78 is 0. The molecule has 2 heterocycles. The number of nitrogens with zero attached hydrogens (tertiary/aromatic N) is 3. The molecule has 5 rings (SSSR count). The van der Waals surface area contributed by atoms with Crippen LogP contribution < -0.4 is 0 Å². The third kappa shape index (κ3) is 4.40. The van der Waals surface area contributed by atoms with Gasteiger partial charge < -0.3 is 9.80 Å². The summed E-state index contributed by atoms with van der Waals surface area (Å²) in [5, 5.41) is 0. The zero-order chi connectivity index (χ0) is 25.2. The predicted octanol–water partition coefficient (Wildman–Crippen LogP) is 3.64. The first-order valence-electron chi connectivity index (χ1n) is 12.2. The second kappa shape index (κ2) is 9.77. The lowest BCUT2D eigenvalue weighted by Gasteiger charge is -2.35. The molecule has 0 atom stereocenters. The second-order valence-corrected chi connectivity index (χ2v) is 9.07. The van der Waals surface area contributed by atoms with Gasteiger partial charge in [0.1, 0.15) is 0 Å². The van der Waals surface area contributed by atoms with Gasteiger partial charge in [0.25, 0.3) is 23.6 Å². The Hall–Kier alpha value is -4.26. The van der Waals surface area contributed by atoms with E-state index in [1.54, 1.807) is 58.3 Å². The zero-order valence-electron chi connectivity index (χ0n) is 20.1. The summed E-state index contributed by atoms with van der Waals surface area (Å²) in [7, 11) is 0. The van der Waals surface area contributed by atoms with Gasteiger partial charge in [0.05, 0.1) is 17.7 Å². The number of rotatable bonds is 5. The van der Waals surface area contributed by atoms with E-state index in [4.69, 9.17) is 0 Å². The number of aryl methyl sites for hydroxylation is 1. The Morgan fingerprint density at radius 2 is 1.06 bits per heavy atom. The summed E-state index contributed by atoms with van der Waals surface area (Å²) in [4.78, 5) is 55.8. The highest BCUT2D eigenvalue weighted by Gasteiger charge is 2.35. The van der Waals surface area contributed by atoms with Crippen LogP contribution in [0.1, 0.15) is 59.5 Å². The number of hydrogen-bond donors (Lipinski definition) is 0. The normalized spacial score (nSPS) is 15.3. The van der Waals surface area contributed by atoms with Gasteiger partial charge in [-0.2, -0.15) is 0 Å². The minimum Gasteiger partial charge on any atom is -0.335 e. The minimum atomic E-state index is -0.301. The third-order valence-corrected chi connectivity index (χ3v) is 6.88. The van der Waals surface area contributed by atoms with Crippen LogP contribution in [0.4, 0.5) is 0 Å². The number of hydrogen-bond acceptors (Lipinski definition) is 4. The van der Waals surface area contributed by atoms with Crippen molar-refractivity contribution in [3.63, 3.8) is 0 Å². The van der Waals surface area contributed by atoms with Gasteiger partial charge >= 0.3 is 0 Å². The molecule has 0 saturated carbocycles. The molecule has 2 aliphatic heterocycles. The van der Waals surface area contributed by atoms with Gasteiger partial charge in [-0.25, -0.2) is 0 Å². The number of benzene rings is 3. The van der Waals surface area contributed by atoms with Crippen LogP contribution in [-0.2, 0) is 13.0 Å². The monoisotopic (exact) mass is 481 g/mol. The molecular weight excluding hydrogens is 454 g/mol. The first kappa shape index (κ1) is 23.5. The van der Waals surface area contributed by atoms with E-state index in [0.717, 1.165) is 12.0 Å². The summed E-state index contributed by atoms with van der Waals surface area (Å²) in [6, 6.07) is 21.5. The summed E-state index contributed by atoms with van der Waals surface area (Å²) >= 11 is 0. The average Bonchev–Trinajstić information content (AvgIpc) is 3.17. The lowest BCUT2D eigenvalue weighted by atomic mass is 10.1. The molecule has 1 fully saturated rings. The van der Waals surface area contributed by atoms with Crippen molar-refractivity contribution < 1.29 is 19.2 Å². The number of carbonyl (C=O) groups excluding carboxylic acids is 4. The molecule has 2 aliphatic rings. The van der Waals surface area contributed by atoms with Crippen molar-refractivity contribution in [2.45, 2.75) is 19.9 Å². The lowest BCUT2D eigenvalue weighted by molar-refractivity contribution is 0.0535. The van der Waals surface area contributed by atoms with Crippen LogP contribution in [-0.4, -0.2) is 64.5 Å². The van der Waals surface area contributed by atoms with Crippen LogP contribution in [0.25, 0.3) is 0 Å². The Balaban J connectivity index is 1.18. The smallest absolute Gasteiger partial charge is 0.261 e.